The molecule has 0 spiro atoms. The molecule has 11 heteroatoms. The van der Waals surface area contributed by atoms with E-state index in [2.05, 4.69) is 21.2 Å². The van der Waals surface area contributed by atoms with Crippen molar-refractivity contribution in [3.05, 3.63) is 94.5 Å². The second-order valence-electron chi connectivity index (χ2n) is 8.24. The fourth-order valence-electron chi connectivity index (χ4n) is 3.35. The van der Waals surface area contributed by atoms with Crippen LogP contribution >= 0.6 is 15.9 Å². The van der Waals surface area contributed by atoms with Gasteiger partial charge in [0, 0.05) is 31.7 Å². The molecule has 1 amide bonds. The van der Waals surface area contributed by atoms with Crippen molar-refractivity contribution in [2.45, 2.75) is 22.8 Å². The highest BCUT2D eigenvalue weighted by Crippen LogP contribution is 2.19. The average molecular weight is 595 g/mol. The van der Waals surface area contributed by atoms with E-state index in [4.69, 9.17) is 0 Å². The molecule has 0 fully saturated rings. The van der Waals surface area contributed by atoms with Crippen LogP contribution in [0.25, 0.3) is 0 Å². The fraction of sp³-hybridized carbons (Fsp3) is 0.240. The Morgan fingerprint density at radius 3 is 1.92 bits per heavy atom. The van der Waals surface area contributed by atoms with Crippen molar-refractivity contribution in [2.24, 2.45) is 0 Å². The molecule has 0 saturated heterocycles. The van der Waals surface area contributed by atoms with Gasteiger partial charge in [0.25, 0.3) is 0 Å². The van der Waals surface area contributed by atoms with Gasteiger partial charge in [0.05, 0.1) is 16.3 Å². The second kappa shape index (κ2) is 12.1. The SMILES string of the molecule is CN(C)S(=O)(=O)c1ccc(CNC(=O)CN(CCc2ccccc2)S(=O)(=O)c2ccc(Br)cc2)cc1. The molecule has 0 aliphatic rings. The monoisotopic (exact) mass is 593 g/mol. The molecule has 0 bridgehead atoms. The quantitative estimate of drug-likeness (QED) is 0.367. The van der Waals surface area contributed by atoms with Gasteiger partial charge in [-0.25, -0.2) is 21.1 Å². The van der Waals surface area contributed by atoms with E-state index >= 15 is 0 Å². The minimum absolute atomic E-state index is 0.101. The summed E-state index contributed by atoms with van der Waals surface area (Å²) in [6.45, 7) is -0.0861. The van der Waals surface area contributed by atoms with Gasteiger partial charge in [0.1, 0.15) is 0 Å². The van der Waals surface area contributed by atoms with Gasteiger partial charge in [0.15, 0.2) is 0 Å². The highest BCUT2D eigenvalue weighted by Gasteiger charge is 2.26. The Labute approximate surface area is 221 Å². The van der Waals surface area contributed by atoms with E-state index in [1.54, 1.807) is 24.3 Å². The maximum absolute atomic E-state index is 13.3. The van der Waals surface area contributed by atoms with Gasteiger partial charge in [0.2, 0.25) is 26.0 Å². The number of hydrogen-bond donors (Lipinski definition) is 1. The van der Waals surface area contributed by atoms with Crippen LogP contribution in [0.4, 0.5) is 0 Å². The molecule has 3 aromatic rings. The van der Waals surface area contributed by atoms with Crippen LogP contribution in [0, 0.1) is 0 Å². The van der Waals surface area contributed by atoms with Gasteiger partial charge in [-0.3, -0.25) is 4.79 Å². The molecule has 1 N–H and O–H groups in total. The van der Waals surface area contributed by atoms with Crippen LogP contribution in [0.1, 0.15) is 11.1 Å². The van der Waals surface area contributed by atoms with Crippen LogP contribution in [-0.4, -0.2) is 58.5 Å². The summed E-state index contributed by atoms with van der Waals surface area (Å²) in [7, 11) is -4.55. The number of benzene rings is 3. The molecule has 0 radical (unpaired) electrons. The first kappa shape index (κ1) is 28.0. The number of rotatable bonds is 11. The van der Waals surface area contributed by atoms with Crippen molar-refractivity contribution < 1.29 is 21.6 Å². The Bertz CT molecular complexity index is 1380. The Balaban J connectivity index is 1.71. The molecule has 0 aromatic heterocycles. The first-order valence-corrected chi connectivity index (χ1v) is 14.8. The molecule has 0 unspecified atom stereocenters. The van der Waals surface area contributed by atoms with Crippen molar-refractivity contribution in [2.75, 3.05) is 27.2 Å². The van der Waals surface area contributed by atoms with Gasteiger partial charge < -0.3 is 5.32 Å². The summed E-state index contributed by atoms with van der Waals surface area (Å²) in [5, 5.41) is 2.73. The third-order valence-electron chi connectivity index (χ3n) is 5.46. The number of hydrogen-bond acceptors (Lipinski definition) is 5. The van der Waals surface area contributed by atoms with E-state index < -0.39 is 26.0 Å². The summed E-state index contributed by atoms with van der Waals surface area (Å²) in [6.07, 6.45) is 0.450. The number of halogens is 1. The van der Waals surface area contributed by atoms with E-state index in [1.165, 1.54) is 42.7 Å². The highest BCUT2D eigenvalue weighted by molar-refractivity contribution is 9.10. The molecule has 8 nitrogen and oxygen atoms in total. The van der Waals surface area contributed by atoms with Gasteiger partial charge in [-0.2, -0.15) is 4.31 Å². The number of carbonyl (C=O) groups excluding carboxylic acids is 1. The summed E-state index contributed by atoms with van der Waals surface area (Å²) in [5.74, 6) is -0.464. The van der Waals surface area contributed by atoms with Crippen LogP contribution in [0.3, 0.4) is 0 Å². The molecule has 192 valence electrons. The number of sulfonamides is 2. The van der Waals surface area contributed by atoms with Crippen LogP contribution < -0.4 is 5.32 Å². The molecule has 0 aliphatic carbocycles. The average Bonchev–Trinajstić information content (AvgIpc) is 2.86. The fourth-order valence-corrected chi connectivity index (χ4v) is 5.91. The summed E-state index contributed by atoms with van der Waals surface area (Å²) in [6, 6.07) is 21.9. The standard InChI is InChI=1S/C25H28BrN3O5S2/c1-28(2)35(31,32)23-12-8-21(9-13-23)18-27-25(30)19-29(17-16-20-6-4-3-5-7-20)36(33,34)24-14-10-22(26)11-15-24/h3-15H,16-19H2,1-2H3,(H,27,30). The smallest absolute Gasteiger partial charge is 0.243 e. The maximum Gasteiger partial charge on any atom is 0.243 e. The predicted octanol–water partition coefficient (Wildman–Crippen LogP) is 3.25. The Morgan fingerprint density at radius 1 is 0.778 bits per heavy atom. The number of carbonyl (C=O) groups is 1. The number of nitrogens with zero attached hydrogens (tertiary/aromatic N) is 2. The lowest BCUT2D eigenvalue weighted by Crippen LogP contribution is -2.41. The van der Waals surface area contributed by atoms with E-state index in [1.807, 2.05) is 30.3 Å². The molecule has 0 atom stereocenters. The van der Waals surface area contributed by atoms with Crippen LogP contribution in [0.15, 0.2) is 93.1 Å². The molecule has 36 heavy (non-hydrogen) atoms. The minimum Gasteiger partial charge on any atom is -0.351 e. The summed E-state index contributed by atoms with van der Waals surface area (Å²) < 4.78 is 54.1. The first-order chi connectivity index (χ1) is 17.0. The Hall–Kier alpha value is -2.57. The highest BCUT2D eigenvalue weighted by atomic mass is 79.9. The lowest BCUT2D eigenvalue weighted by atomic mass is 10.1. The number of amides is 1. The molecule has 0 saturated carbocycles. The lowest BCUT2D eigenvalue weighted by Gasteiger charge is -2.22. The summed E-state index contributed by atoms with van der Waals surface area (Å²) in [5.41, 5.74) is 1.65. The topological polar surface area (TPSA) is 104 Å². The lowest BCUT2D eigenvalue weighted by molar-refractivity contribution is -0.121. The summed E-state index contributed by atoms with van der Waals surface area (Å²) in [4.78, 5) is 13.0. The van der Waals surface area contributed by atoms with Crippen LogP contribution in [0.2, 0.25) is 0 Å². The predicted molar refractivity (Wildman–Crippen MR) is 142 cm³/mol. The van der Waals surface area contributed by atoms with Crippen molar-refractivity contribution in [3.8, 4) is 0 Å². The Kier molecular flexibility index (Phi) is 9.42. The maximum atomic E-state index is 13.3. The van der Waals surface area contributed by atoms with Crippen molar-refractivity contribution in [1.29, 1.82) is 0 Å². The van der Waals surface area contributed by atoms with E-state index in [9.17, 15) is 21.6 Å². The first-order valence-electron chi connectivity index (χ1n) is 11.1. The van der Waals surface area contributed by atoms with Crippen molar-refractivity contribution in [1.82, 2.24) is 13.9 Å². The molecule has 3 aromatic carbocycles. The third-order valence-corrected chi connectivity index (χ3v) is 9.67. The molecule has 0 heterocycles. The van der Waals surface area contributed by atoms with E-state index in [0.29, 0.717) is 12.0 Å². The normalized spacial score (nSPS) is 12.1. The molecule has 3 rings (SSSR count). The van der Waals surface area contributed by atoms with Gasteiger partial charge in [-0.1, -0.05) is 58.4 Å². The van der Waals surface area contributed by atoms with Crippen molar-refractivity contribution >= 4 is 41.9 Å². The number of nitrogens with one attached hydrogen (secondary N) is 1. The molecular weight excluding hydrogens is 566 g/mol. The zero-order valence-electron chi connectivity index (χ0n) is 20.0. The largest absolute Gasteiger partial charge is 0.351 e. The van der Waals surface area contributed by atoms with E-state index in [0.717, 1.165) is 14.3 Å². The zero-order chi connectivity index (χ0) is 26.3. The third kappa shape index (κ3) is 7.23. The zero-order valence-corrected chi connectivity index (χ0v) is 23.2. The van der Waals surface area contributed by atoms with Gasteiger partial charge >= 0.3 is 0 Å². The van der Waals surface area contributed by atoms with Crippen LogP contribution in [-0.2, 0) is 37.8 Å². The van der Waals surface area contributed by atoms with Crippen molar-refractivity contribution in [3.63, 3.8) is 0 Å². The second-order valence-corrected chi connectivity index (χ2v) is 13.2. The van der Waals surface area contributed by atoms with Gasteiger partial charge in [-0.15, -0.1) is 0 Å². The molecule has 0 aliphatic heterocycles. The van der Waals surface area contributed by atoms with E-state index in [-0.39, 0.29) is 29.4 Å². The Morgan fingerprint density at radius 2 is 1.33 bits per heavy atom. The summed E-state index contributed by atoms with van der Waals surface area (Å²) >= 11 is 3.31. The van der Waals surface area contributed by atoms with Crippen LogP contribution in [0.5, 0.6) is 0 Å². The molecular formula is C25H28BrN3O5S2. The van der Waals surface area contributed by atoms with Gasteiger partial charge in [-0.05, 0) is 53.9 Å². The minimum atomic E-state index is -3.92.